The first-order chi connectivity index (χ1) is 15.5. The second-order valence-electron chi connectivity index (χ2n) is 11.2. The Hall–Kier alpha value is -0.500. The van der Waals surface area contributed by atoms with Gasteiger partial charge in [0.05, 0.1) is 54.4 Å². The summed E-state index contributed by atoms with van der Waals surface area (Å²) in [6, 6.07) is 0. The lowest BCUT2D eigenvalue weighted by atomic mass is 9.78. The molecule has 6 fully saturated rings. The van der Waals surface area contributed by atoms with Crippen molar-refractivity contribution in [3.8, 4) is 0 Å². The van der Waals surface area contributed by atoms with Crippen LogP contribution in [0.15, 0.2) is 12.2 Å². The second-order valence-corrected chi connectivity index (χ2v) is 11.2. The first kappa shape index (κ1) is 22.0. The maximum absolute atomic E-state index is 9.74. The minimum Gasteiger partial charge on any atom is -0.386 e. The third kappa shape index (κ3) is 3.70. The van der Waals surface area contributed by atoms with E-state index in [1.54, 1.807) is 0 Å². The zero-order valence-electron chi connectivity index (χ0n) is 19.6. The topological polar surface area (TPSA) is 69.7 Å². The second kappa shape index (κ2) is 8.31. The van der Waals surface area contributed by atoms with E-state index in [1.165, 1.54) is 32.1 Å². The van der Waals surface area contributed by atoms with Crippen LogP contribution in [0, 0.1) is 0 Å². The molecule has 7 rings (SSSR count). The molecule has 5 heterocycles. The van der Waals surface area contributed by atoms with E-state index in [9.17, 15) is 5.11 Å². The van der Waals surface area contributed by atoms with Crippen molar-refractivity contribution >= 4 is 0 Å². The van der Waals surface area contributed by atoms with Gasteiger partial charge in [-0.2, -0.15) is 0 Å². The molecule has 2 spiro atoms. The molecule has 7 aliphatic rings. The van der Waals surface area contributed by atoms with Crippen LogP contribution >= 0.6 is 0 Å². The lowest BCUT2D eigenvalue weighted by molar-refractivity contribution is -0.171. The number of hydrogen-bond acceptors (Lipinski definition) is 6. The van der Waals surface area contributed by atoms with E-state index in [-0.39, 0.29) is 23.4 Å². The highest BCUT2D eigenvalue weighted by atomic mass is 16.6. The SMILES string of the molecule is CCC[C@H]1CC[C@@H]2O[C@@H]3C[C@]2(C=CC3O)O1.CCC[C@H]1CC[C@@H]2O[C@@H]3C[C@]2(C[C@H]2OC23)O1. The highest BCUT2D eigenvalue weighted by Crippen LogP contribution is 2.55. The first-order valence-corrected chi connectivity index (χ1v) is 13.2. The minimum atomic E-state index is -0.440. The van der Waals surface area contributed by atoms with Gasteiger partial charge in [0.1, 0.15) is 11.7 Å². The number of aliphatic hydroxyl groups excluding tert-OH is 1. The Balaban J connectivity index is 0.000000122. The first-order valence-electron chi connectivity index (χ1n) is 13.2. The molecule has 2 unspecified atom stereocenters. The molecule has 5 aliphatic heterocycles. The normalized spacial score (nSPS) is 54.2. The van der Waals surface area contributed by atoms with Gasteiger partial charge in [-0.1, -0.05) is 38.8 Å². The van der Waals surface area contributed by atoms with Crippen molar-refractivity contribution in [2.24, 2.45) is 0 Å². The van der Waals surface area contributed by atoms with Crippen LogP contribution in [0.2, 0.25) is 0 Å². The van der Waals surface area contributed by atoms with Crippen LogP contribution in [0.25, 0.3) is 0 Å². The minimum absolute atomic E-state index is 0.0282. The fourth-order valence-corrected chi connectivity index (χ4v) is 7.30. The summed E-state index contributed by atoms with van der Waals surface area (Å²) in [5.41, 5.74) is -0.192. The van der Waals surface area contributed by atoms with Gasteiger partial charge in [0.15, 0.2) is 0 Å². The van der Waals surface area contributed by atoms with Crippen LogP contribution in [0.5, 0.6) is 0 Å². The summed E-state index contributed by atoms with van der Waals surface area (Å²) in [7, 11) is 0. The van der Waals surface area contributed by atoms with Gasteiger partial charge in [-0.3, -0.25) is 0 Å². The summed E-state index contributed by atoms with van der Waals surface area (Å²) in [5, 5.41) is 9.74. The standard InChI is InChI=1S/2C13H20O3/c1-2-3-8-4-5-11-13(16-8)6-9(14-11)12-10(7-13)15-12;1-2-3-9-4-5-12-13(16-9)7-6-10(14)11(8-13)15-12/h8-12H,2-7H2,1H3;6-7,9-12,14H,2-5,8H2,1H3/t8-,9+,10+,11-,12?,13+;9-,10?,11+,12-,13-/m00/s1. The zero-order valence-corrected chi connectivity index (χ0v) is 19.6. The van der Waals surface area contributed by atoms with E-state index >= 15 is 0 Å². The van der Waals surface area contributed by atoms with Gasteiger partial charge in [-0.05, 0) is 38.5 Å². The third-order valence-corrected chi connectivity index (χ3v) is 8.88. The molecule has 4 bridgehead atoms. The summed E-state index contributed by atoms with van der Waals surface area (Å²) in [6.07, 6.45) is 18.2. The van der Waals surface area contributed by atoms with Gasteiger partial charge >= 0.3 is 0 Å². The summed E-state index contributed by atoms with van der Waals surface area (Å²) in [4.78, 5) is 0. The van der Waals surface area contributed by atoms with E-state index in [0.717, 1.165) is 38.5 Å². The molecule has 32 heavy (non-hydrogen) atoms. The summed E-state index contributed by atoms with van der Waals surface area (Å²) in [6.45, 7) is 4.43. The van der Waals surface area contributed by atoms with Gasteiger partial charge in [-0.15, -0.1) is 0 Å². The van der Waals surface area contributed by atoms with Gasteiger partial charge in [0, 0.05) is 19.3 Å². The summed E-state index contributed by atoms with van der Waals surface area (Å²) in [5.74, 6) is 0. The molecule has 2 aliphatic carbocycles. The lowest BCUT2D eigenvalue weighted by Gasteiger charge is -2.42. The number of rotatable bonds is 4. The molecule has 0 aromatic rings. The van der Waals surface area contributed by atoms with E-state index in [0.29, 0.717) is 36.6 Å². The summed E-state index contributed by atoms with van der Waals surface area (Å²) >= 11 is 0. The Morgan fingerprint density at radius 1 is 0.781 bits per heavy atom. The van der Waals surface area contributed by atoms with Crippen LogP contribution in [0.1, 0.15) is 84.5 Å². The van der Waals surface area contributed by atoms with Crippen molar-refractivity contribution in [1.82, 2.24) is 0 Å². The number of hydrogen-bond donors (Lipinski definition) is 1. The Morgan fingerprint density at radius 2 is 1.44 bits per heavy atom. The maximum Gasteiger partial charge on any atom is 0.115 e. The molecule has 11 atom stereocenters. The summed E-state index contributed by atoms with van der Waals surface area (Å²) < 4.78 is 30.3. The van der Waals surface area contributed by atoms with Crippen LogP contribution in [0.3, 0.4) is 0 Å². The molecule has 1 saturated carbocycles. The van der Waals surface area contributed by atoms with Crippen molar-refractivity contribution in [3.63, 3.8) is 0 Å². The average molecular weight is 449 g/mol. The highest BCUT2D eigenvalue weighted by Gasteiger charge is 2.66. The number of fused-ring (bicyclic) bond motifs is 4. The monoisotopic (exact) mass is 448 g/mol. The predicted molar refractivity (Wildman–Crippen MR) is 118 cm³/mol. The largest absolute Gasteiger partial charge is 0.386 e. The molecule has 6 heteroatoms. The third-order valence-electron chi connectivity index (χ3n) is 8.88. The van der Waals surface area contributed by atoms with Crippen molar-refractivity contribution in [1.29, 1.82) is 0 Å². The quantitative estimate of drug-likeness (QED) is 0.521. The fraction of sp³-hybridized carbons (Fsp3) is 0.923. The molecule has 1 N–H and O–H groups in total. The van der Waals surface area contributed by atoms with Gasteiger partial charge in [0.25, 0.3) is 0 Å². The Morgan fingerprint density at radius 3 is 2.19 bits per heavy atom. The Kier molecular flexibility index (Phi) is 5.72. The molecule has 0 aromatic carbocycles. The fourth-order valence-electron chi connectivity index (χ4n) is 7.30. The van der Waals surface area contributed by atoms with Crippen molar-refractivity contribution in [2.45, 2.75) is 151 Å². The van der Waals surface area contributed by atoms with Crippen molar-refractivity contribution in [3.05, 3.63) is 12.2 Å². The smallest absolute Gasteiger partial charge is 0.115 e. The van der Waals surface area contributed by atoms with Gasteiger partial charge < -0.3 is 28.8 Å². The molecular weight excluding hydrogens is 408 g/mol. The maximum atomic E-state index is 9.74. The Bertz CT molecular complexity index is 723. The van der Waals surface area contributed by atoms with Crippen LogP contribution in [-0.2, 0) is 23.7 Å². The van der Waals surface area contributed by atoms with Crippen LogP contribution < -0.4 is 0 Å². The van der Waals surface area contributed by atoms with Gasteiger partial charge in [-0.25, -0.2) is 0 Å². The molecular formula is C26H40O6. The predicted octanol–water partition coefficient (Wildman–Crippen LogP) is 3.83. The molecule has 180 valence electrons. The molecule has 0 aromatic heterocycles. The van der Waals surface area contributed by atoms with Crippen LogP contribution in [0.4, 0.5) is 0 Å². The molecule has 5 saturated heterocycles. The molecule has 0 amide bonds. The lowest BCUT2D eigenvalue weighted by Crippen LogP contribution is -2.50. The number of ether oxygens (including phenoxy) is 5. The molecule has 6 nitrogen and oxygen atoms in total. The van der Waals surface area contributed by atoms with E-state index in [1.807, 2.05) is 12.2 Å². The van der Waals surface area contributed by atoms with Gasteiger partial charge in [0.2, 0.25) is 0 Å². The molecule has 0 radical (unpaired) electrons. The van der Waals surface area contributed by atoms with Crippen LogP contribution in [-0.4, -0.2) is 71.2 Å². The zero-order chi connectivity index (χ0) is 21.9. The Labute approximate surface area is 192 Å². The highest BCUT2D eigenvalue weighted by molar-refractivity contribution is 5.21. The number of aliphatic hydroxyl groups is 1. The number of epoxide rings is 1. The van der Waals surface area contributed by atoms with Crippen molar-refractivity contribution in [2.75, 3.05) is 0 Å². The average Bonchev–Trinajstić information content (AvgIpc) is 3.37. The van der Waals surface area contributed by atoms with E-state index < -0.39 is 6.10 Å². The van der Waals surface area contributed by atoms with Crippen molar-refractivity contribution < 1.29 is 28.8 Å². The van der Waals surface area contributed by atoms with E-state index in [4.69, 9.17) is 23.7 Å². The van der Waals surface area contributed by atoms with E-state index in [2.05, 4.69) is 13.8 Å².